The van der Waals surface area contributed by atoms with Crippen LogP contribution >= 0.6 is 0 Å². The molecule has 0 saturated heterocycles. The van der Waals surface area contributed by atoms with Crippen molar-refractivity contribution in [2.75, 3.05) is 13.2 Å². The van der Waals surface area contributed by atoms with E-state index in [0.717, 1.165) is 30.4 Å². The third-order valence-electron chi connectivity index (χ3n) is 8.58. The van der Waals surface area contributed by atoms with E-state index >= 15 is 4.39 Å². The first-order valence-electron chi connectivity index (χ1n) is 15.0. The minimum absolute atomic E-state index is 0.214. The first-order chi connectivity index (χ1) is 19.9. The van der Waals surface area contributed by atoms with E-state index < -0.39 is 23.5 Å². The van der Waals surface area contributed by atoms with Crippen LogP contribution in [0.5, 0.6) is 5.75 Å². The first kappa shape index (κ1) is 30.0. The Morgan fingerprint density at radius 3 is 2.57 bits per heavy atom. The lowest BCUT2D eigenvalue weighted by molar-refractivity contribution is -0.160. The van der Waals surface area contributed by atoms with Gasteiger partial charge in [-0.2, -0.15) is 0 Å². The minimum atomic E-state index is -1.37. The second kappa shape index (κ2) is 11.7. The van der Waals surface area contributed by atoms with Crippen molar-refractivity contribution in [2.24, 2.45) is 13.0 Å². The average Bonchev–Trinajstić information content (AvgIpc) is 3.27. The van der Waals surface area contributed by atoms with Crippen molar-refractivity contribution < 1.29 is 28.6 Å². The molecule has 0 unspecified atom stereocenters. The number of aryl methyl sites for hydroxylation is 2. The molecule has 3 heterocycles. The second-order valence-corrected chi connectivity index (χ2v) is 12.8. The number of aliphatic carboxylic acids is 1. The van der Waals surface area contributed by atoms with Gasteiger partial charge >= 0.3 is 5.97 Å². The van der Waals surface area contributed by atoms with Crippen LogP contribution in [0.3, 0.4) is 0 Å². The van der Waals surface area contributed by atoms with Gasteiger partial charge in [0.25, 0.3) is 5.91 Å². The molecule has 1 atom stereocenters. The third-order valence-corrected chi connectivity index (χ3v) is 8.58. The molecule has 0 radical (unpaired) electrons. The molecule has 5 rings (SSSR count). The quantitative estimate of drug-likeness (QED) is 0.328. The summed E-state index contributed by atoms with van der Waals surface area (Å²) in [6, 6.07) is 3.17. The number of benzene rings is 1. The number of aromatic nitrogens is 2. The molecular formula is C33H42FN3O5. The summed E-state index contributed by atoms with van der Waals surface area (Å²) in [5.41, 5.74) is 3.58. The zero-order valence-electron chi connectivity index (χ0n) is 25.5. The van der Waals surface area contributed by atoms with Gasteiger partial charge in [-0.3, -0.25) is 4.79 Å². The predicted molar refractivity (Wildman–Crippen MR) is 160 cm³/mol. The molecule has 0 bridgehead atoms. The molecule has 1 saturated carbocycles. The van der Waals surface area contributed by atoms with Crippen LogP contribution < -0.4 is 10.1 Å². The Morgan fingerprint density at radius 1 is 1.19 bits per heavy atom. The second-order valence-electron chi connectivity index (χ2n) is 12.8. The number of carboxylic acid groups (broad SMARTS) is 1. The summed E-state index contributed by atoms with van der Waals surface area (Å²) < 4.78 is 29.1. The number of nitrogens with one attached hydrogen (secondary N) is 1. The van der Waals surface area contributed by atoms with Gasteiger partial charge < -0.3 is 24.5 Å². The number of carboxylic acids is 1. The monoisotopic (exact) mass is 579 g/mol. The van der Waals surface area contributed by atoms with Gasteiger partial charge in [0.15, 0.2) is 17.7 Å². The lowest BCUT2D eigenvalue weighted by atomic mass is 9.86. The molecular weight excluding hydrogens is 537 g/mol. The van der Waals surface area contributed by atoms with E-state index in [0.29, 0.717) is 64.6 Å². The van der Waals surface area contributed by atoms with Crippen molar-refractivity contribution in [1.29, 1.82) is 0 Å². The Kier molecular flexibility index (Phi) is 8.34. The van der Waals surface area contributed by atoms with E-state index in [2.05, 4.69) is 5.32 Å². The van der Waals surface area contributed by atoms with Crippen molar-refractivity contribution in [3.63, 3.8) is 0 Å². The predicted octanol–water partition coefficient (Wildman–Crippen LogP) is 6.57. The topological polar surface area (TPSA) is 103 Å². The Hall–Kier alpha value is -3.46. The van der Waals surface area contributed by atoms with Gasteiger partial charge in [-0.15, -0.1) is 0 Å². The number of halogens is 1. The van der Waals surface area contributed by atoms with Crippen LogP contribution in [0, 0.1) is 25.6 Å². The van der Waals surface area contributed by atoms with Crippen LogP contribution in [-0.4, -0.2) is 45.3 Å². The van der Waals surface area contributed by atoms with Crippen LogP contribution in [0.25, 0.3) is 22.2 Å². The molecule has 2 aliphatic rings. The fraction of sp³-hybridized carbons (Fsp3) is 0.545. The number of fused-ring (bicyclic) bond motifs is 2. The number of carbonyl (C=O) groups excluding carboxylic acids is 1. The molecule has 0 spiro atoms. The number of hydrogen-bond donors (Lipinski definition) is 2. The van der Waals surface area contributed by atoms with Crippen LogP contribution in [0.15, 0.2) is 12.1 Å². The molecule has 8 nitrogen and oxygen atoms in total. The van der Waals surface area contributed by atoms with E-state index in [9.17, 15) is 14.7 Å². The fourth-order valence-electron chi connectivity index (χ4n) is 6.51. The third kappa shape index (κ3) is 5.76. The van der Waals surface area contributed by atoms with Crippen LogP contribution in [0.1, 0.15) is 98.3 Å². The van der Waals surface area contributed by atoms with E-state index in [1.807, 2.05) is 6.92 Å². The lowest BCUT2D eigenvalue weighted by Gasteiger charge is -2.29. The standard InChI is InChI=1S/C33H42FN3O5/c1-18-21-13-10-14-41-28(21)24(34)15-22(18)27-23-16-25(31(38)35-17-20-11-8-7-9-12-20)37(6)30(23)36-19(2)26(27)29(32(39)40)42-33(3,4)5/h15-16,20,29H,7-14,17H2,1-6H3,(H,35,38)(H,39,40)/t29-/m0/s1. The SMILES string of the molecule is Cc1nc2c(cc(C(=O)NCC3CCCCC3)n2C)c(-c2cc(F)c3c(c2C)CCCO3)c1[C@H](OC(C)(C)C)C(=O)O. The van der Waals surface area contributed by atoms with E-state index in [1.165, 1.54) is 25.3 Å². The molecule has 1 aliphatic heterocycles. The summed E-state index contributed by atoms with van der Waals surface area (Å²) in [6.07, 6.45) is 5.89. The Bertz CT molecular complexity index is 1530. The maximum Gasteiger partial charge on any atom is 0.337 e. The highest BCUT2D eigenvalue weighted by atomic mass is 19.1. The number of carbonyl (C=O) groups is 2. The van der Waals surface area contributed by atoms with E-state index in [-0.39, 0.29) is 11.7 Å². The molecule has 1 aromatic carbocycles. The molecule has 1 fully saturated rings. The maximum absolute atomic E-state index is 15.6. The first-order valence-corrected chi connectivity index (χ1v) is 15.0. The zero-order valence-corrected chi connectivity index (χ0v) is 25.5. The van der Waals surface area contributed by atoms with Crippen LogP contribution in [0.4, 0.5) is 4.39 Å². The minimum Gasteiger partial charge on any atom is -0.490 e. The Morgan fingerprint density at radius 2 is 1.90 bits per heavy atom. The van der Waals surface area contributed by atoms with Gasteiger partial charge in [0.2, 0.25) is 0 Å². The van der Waals surface area contributed by atoms with Crippen molar-refractivity contribution in [2.45, 2.75) is 91.3 Å². The molecule has 3 aromatic rings. The smallest absolute Gasteiger partial charge is 0.337 e. The Labute approximate surface area is 246 Å². The highest BCUT2D eigenvalue weighted by molar-refractivity contribution is 6.04. The van der Waals surface area contributed by atoms with Crippen molar-refractivity contribution in [1.82, 2.24) is 14.9 Å². The number of pyridine rings is 1. The zero-order chi connectivity index (χ0) is 30.3. The normalized spacial score (nSPS) is 16.6. The molecule has 2 aromatic heterocycles. The van der Waals surface area contributed by atoms with Gasteiger partial charge in [0.1, 0.15) is 11.3 Å². The number of nitrogens with zero attached hydrogens (tertiary/aromatic N) is 2. The van der Waals surface area contributed by atoms with Crippen LogP contribution in [-0.2, 0) is 23.0 Å². The largest absolute Gasteiger partial charge is 0.490 e. The summed E-state index contributed by atoms with van der Waals surface area (Å²) in [5.74, 6) is -1.16. The van der Waals surface area contributed by atoms with Crippen molar-refractivity contribution in [3.8, 4) is 16.9 Å². The molecule has 226 valence electrons. The summed E-state index contributed by atoms with van der Waals surface area (Å²) in [4.78, 5) is 31.0. The maximum atomic E-state index is 15.6. The van der Waals surface area contributed by atoms with Gasteiger partial charge in [-0.1, -0.05) is 19.3 Å². The summed E-state index contributed by atoms with van der Waals surface area (Å²) in [7, 11) is 1.78. The van der Waals surface area contributed by atoms with Crippen LogP contribution in [0.2, 0.25) is 0 Å². The molecule has 1 aliphatic carbocycles. The van der Waals surface area contributed by atoms with E-state index in [1.54, 1.807) is 45.4 Å². The van der Waals surface area contributed by atoms with Gasteiger partial charge in [-0.05, 0) is 89.5 Å². The molecule has 42 heavy (non-hydrogen) atoms. The highest BCUT2D eigenvalue weighted by Gasteiger charge is 2.35. The van der Waals surface area contributed by atoms with Gasteiger partial charge in [0.05, 0.1) is 12.2 Å². The van der Waals surface area contributed by atoms with Gasteiger partial charge in [0, 0.05) is 41.4 Å². The lowest BCUT2D eigenvalue weighted by Crippen LogP contribution is -2.31. The summed E-state index contributed by atoms with van der Waals surface area (Å²) in [6.45, 7) is 10.1. The summed E-state index contributed by atoms with van der Waals surface area (Å²) >= 11 is 0. The molecule has 9 heteroatoms. The van der Waals surface area contributed by atoms with E-state index in [4.69, 9.17) is 14.5 Å². The van der Waals surface area contributed by atoms with Crippen molar-refractivity contribution >= 4 is 22.9 Å². The van der Waals surface area contributed by atoms with Crippen molar-refractivity contribution in [3.05, 3.63) is 46.0 Å². The number of ether oxygens (including phenoxy) is 2. The number of rotatable bonds is 7. The summed E-state index contributed by atoms with van der Waals surface area (Å²) in [5, 5.41) is 14.1. The highest BCUT2D eigenvalue weighted by Crippen LogP contribution is 2.44. The average molecular weight is 580 g/mol. The Balaban J connectivity index is 1.73. The number of amides is 1. The van der Waals surface area contributed by atoms with Gasteiger partial charge in [-0.25, -0.2) is 14.2 Å². The number of hydrogen-bond acceptors (Lipinski definition) is 5. The molecule has 1 amide bonds. The molecule has 2 N–H and O–H groups in total. The fourth-order valence-corrected chi connectivity index (χ4v) is 6.51.